The zero-order valence-electron chi connectivity index (χ0n) is 11.0. The average molecular weight is 294 g/mol. The monoisotopic (exact) mass is 293 g/mol. The summed E-state index contributed by atoms with van der Waals surface area (Å²) >= 11 is 6.16. The summed E-state index contributed by atoms with van der Waals surface area (Å²) in [6.45, 7) is 1.03. The first-order chi connectivity index (χ1) is 9.72. The molecule has 20 heavy (non-hydrogen) atoms. The van der Waals surface area contributed by atoms with Gasteiger partial charge >= 0.3 is 0 Å². The maximum absolute atomic E-state index is 12.0. The van der Waals surface area contributed by atoms with Crippen molar-refractivity contribution in [2.75, 3.05) is 18.5 Å². The highest BCUT2D eigenvalue weighted by atomic mass is 35.5. The highest BCUT2D eigenvalue weighted by Crippen LogP contribution is 2.38. The van der Waals surface area contributed by atoms with Crippen molar-refractivity contribution in [3.8, 4) is 11.5 Å². The van der Waals surface area contributed by atoms with E-state index in [1.165, 1.54) is 0 Å². The van der Waals surface area contributed by atoms with Gasteiger partial charge in [-0.15, -0.1) is 0 Å². The number of rotatable bonds is 3. The summed E-state index contributed by atoms with van der Waals surface area (Å²) in [4.78, 5) is 12.0. The molecule has 1 aliphatic carbocycles. The molecule has 1 atom stereocenters. The molecule has 2 aliphatic rings. The number of anilines is 1. The summed E-state index contributed by atoms with van der Waals surface area (Å²) in [5.41, 5.74) is 0.572. The molecule has 0 saturated heterocycles. The first kappa shape index (κ1) is 13.3. The fourth-order valence-corrected chi connectivity index (χ4v) is 2.67. The molecule has 0 radical (unpaired) electrons. The minimum atomic E-state index is -0.0277. The summed E-state index contributed by atoms with van der Waals surface area (Å²) < 4.78 is 10.9. The molecule has 0 fully saturated rings. The zero-order valence-corrected chi connectivity index (χ0v) is 11.8. The van der Waals surface area contributed by atoms with E-state index in [4.69, 9.17) is 21.1 Å². The number of halogens is 1. The van der Waals surface area contributed by atoms with Gasteiger partial charge in [-0.05, 0) is 18.8 Å². The number of amides is 1. The number of hydrogen-bond acceptors (Lipinski definition) is 3. The number of nitrogens with one attached hydrogen (secondary N) is 1. The van der Waals surface area contributed by atoms with Crippen molar-refractivity contribution in [1.29, 1.82) is 0 Å². The Hall–Kier alpha value is -1.68. The van der Waals surface area contributed by atoms with Gasteiger partial charge in [-0.3, -0.25) is 4.79 Å². The lowest BCUT2D eigenvalue weighted by Gasteiger charge is -2.20. The van der Waals surface area contributed by atoms with Gasteiger partial charge in [0.25, 0.3) is 0 Å². The van der Waals surface area contributed by atoms with Crippen molar-refractivity contribution in [2.24, 2.45) is 5.92 Å². The Morgan fingerprint density at radius 3 is 2.75 bits per heavy atom. The second kappa shape index (κ2) is 5.75. The molecule has 0 bridgehead atoms. The Balaban J connectivity index is 1.70. The van der Waals surface area contributed by atoms with E-state index in [1.807, 2.05) is 0 Å². The number of carbonyl (C=O) groups is 1. The number of allylic oxidation sites excluding steroid dienone is 2. The third-order valence-electron chi connectivity index (χ3n) is 3.47. The molecule has 0 unspecified atom stereocenters. The van der Waals surface area contributed by atoms with Crippen molar-refractivity contribution in [1.82, 2.24) is 0 Å². The number of fused-ring (bicyclic) bond motifs is 1. The fourth-order valence-electron chi connectivity index (χ4n) is 2.46. The Morgan fingerprint density at radius 1 is 1.30 bits per heavy atom. The molecule has 0 spiro atoms. The molecule has 1 N–H and O–H groups in total. The van der Waals surface area contributed by atoms with Gasteiger partial charge in [0.05, 0.1) is 10.7 Å². The third kappa shape index (κ3) is 2.90. The number of benzene rings is 1. The van der Waals surface area contributed by atoms with Crippen molar-refractivity contribution in [3.63, 3.8) is 0 Å². The Kier molecular flexibility index (Phi) is 3.83. The first-order valence-electron chi connectivity index (χ1n) is 6.78. The molecule has 106 valence electrons. The summed E-state index contributed by atoms with van der Waals surface area (Å²) in [5.74, 6) is 1.56. The maximum atomic E-state index is 12.0. The quantitative estimate of drug-likeness (QED) is 0.869. The smallest absolute Gasteiger partial charge is 0.225 e. The molecular weight excluding hydrogens is 278 g/mol. The van der Waals surface area contributed by atoms with Crippen LogP contribution >= 0.6 is 11.6 Å². The summed E-state index contributed by atoms with van der Waals surface area (Å²) in [6, 6.07) is 3.40. The lowest BCUT2D eigenvalue weighted by Crippen LogP contribution is -2.17. The van der Waals surface area contributed by atoms with Crippen LogP contribution in [0.1, 0.15) is 19.3 Å². The van der Waals surface area contributed by atoms with E-state index in [0.29, 0.717) is 47.8 Å². The van der Waals surface area contributed by atoms with Gasteiger partial charge in [-0.2, -0.15) is 0 Å². The highest BCUT2D eigenvalue weighted by molar-refractivity contribution is 6.34. The van der Waals surface area contributed by atoms with E-state index in [-0.39, 0.29) is 5.91 Å². The maximum Gasteiger partial charge on any atom is 0.225 e. The van der Waals surface area contributed by atoms with Crippen molar-refractivity contribution in [2.45, 2.75) is 19.3 Å². The Labute approximate surface area is 122 Å². The summed E-state index contributed by atoms with van der Waals surface area (Å²) in [7, 11) is 0. The average Bonchev–Trinajstić information content (AvgIpc) is 2.92. The molecule has 0 aromatic heterocycles. The van der Waals surface area contributed by atoms with Crippen molar-refractivity contribution < 1.29 is 14.3 Å². The van der Waals surface area contributed by atoms with Crippen LogP contribution in [0.15, 0.2) is 24.3 Å². The van der Waals surface area contributed by atoms with Gasteiger partial charge in [0.2, 0.25) is 5.91 Å². The number of carbonyl (C=O) groups excluding carboxylic acids is 1. The van der Waals surface area contributed by atoms with Gasteiger partial charge in [0, 0.05) is 18.6 Å². The second-order valence-corrected chi connectivity index (χ2v) is 5.40. The third-order valence-corrected chi connectivity index (χ3v) is 3.78. The van der Waals surface area contributed by atoms with E-state index in [1.54, 1.807) is 12.1 Å². The van der Waals surface area contributed by atoms with E-state index in [0.717, 1.165) is 12.8 Å². The van der Waals surface area contributed by atoms with Crippen LogP contribution in [0.25, 0.3) is 0 Å². The number of hydrogen-bond donors (Lipinski definition) is 1. The highest BCUT2D eigenvalue weighted by Gasteiger charge is 2.18. The van der Waals surface area contributed by atoms with Crippen LogP contribution in [0.5, 0.6) is 11.5 Å². The van der Waals surface area contributed by atoms with Crippen molar-refractivity contribution in [3.05, 3.63) is 29.3 Å². The predicted octanol–water partition coefficient (Wildman–Crippen LogP) is 3.41. The Morgan fingerprint density at radius 2 is 2.05 bits per heavy atom. The van der Waals surface area contributed by atoms with Crippen LogP contribution in [0.3, 0.4) is 0 Å². The number of ether oxygens (including phenoxy) is 2. The van der Waals surface area contributed by atoms with Crippen LogP contribution in [-0.4, -0.2) is 19.1 Å². The van der Waals surface area contributed by atoms with E-state index >= 15 is 0 Å². The fraction of sp³-hybridized carbons (Fsp3) is 0.400. The van der Waals surface area contributed by atoms with E-state index in [2.05, 4.69) is 17.5 Å². The van der Waals surface area contributed by atoms with E-state index in [9.17, 15) is 4.79 Å². The van der Waals surface area contributed by atoms with Gasteiger partial charge < -0.3 is 14.8 Å². The lowest BCUT2D eigenvalue weighted by atomic mass is 10.1. The van der Waals surface area contributed by atoms with Gasteiger partial charge in [-0.1, -0.05) is 23.8 Å². The van der Waals surface area contributed by atoms with Gasteiger partial charge in [-0.25, -0.2) is 0 Å². The molecule has 1 aromatic rings. The van der Waals surface area contributed by atoms with Crippen molar-refractivity contribution >= 4 is 23.2 Å². The van der Waals surface area contributed by atoms with Gasteiger partial charge in [0.15, 0.2) is 11.5 Å². The van der Waals surface area contributed by atoms with E-state index < -0.39 is 0 Å². The zero-order chi connectivity index (χ0) is 13.9. The molecule has 1 aliphatic heterocycles. The van der Waals surface area contributed by atoms with Crippen LogP contribution in [0.2, 0.25) is 5.02 Å². The standard InChI is InChI=1S/C15H16ClNO3/c16-11-8-13-14(20-6-5-19-13)9-12(11)17-15(18)7-10-3-1-2-4-10/h1,3,8-10H,2,4-7H2,(H,17,18)/t10-/m1/s1. The molecule has 1 aromatic carbocycles. The van der Waals surface area contributed by atoms with Gasteiger partial charge in [0.1, 0.15) is 13.2 Å². The minimum Gasteiger partial charge on any atom is -0.486 e. The normalized spacial score (nSPS) is 19.9. The summed E-state index contributed by atoms with van der Waals surface area (Å²) in [5, 5.41) is 3.31. The SMILES string of the molecule is O=C(C[C@@H]1C=CCC1)Nc1cc2c(cc1Cl)OCCO2. The molecule has 1 amide bonds. The van der Waals surface area contributed by atoms with Crippen LogP contribution in [0.4, 0.5) is 5.69 Å². The molecule has 1 heterocycles. The molecular formula is C15H16ClNO3. The second-order valence-electron chi connectivity index (χ2n) is 4.99. The lowest BCUT2D eigenvalue weighted by molar-refractivity contribution is -0.116. The van der Waals surface area contributed by atoms with Crippen LogP contribution in [-0.2, 0) is 4.79 Å². The molecule has 5 heteroatoms. The molecule has 0 saturated carbocycles. The molecule has 4 nitrogen and oxygen atoms in total. The largest absolute Gasteiger partial charge is 0.486 e. The Bertz CT molecular complexity index is 556. The minimum absolute atomic E-state index is 0.0277. The van der Waals surface area contributed by atoms with Crippen LogP contribution in [0, 0.1) is 5.92 Å². The topological polar surface area (TPSA) is 47.6 Å². The van der Waals surface area contributed by atoms with Crippen LogP contribution < -0.4 is 14.8 Å². The predicted molar refractivity (Wildman–Crippen MR) is 77.6 cm³/mol. The molecule has 3 rings (SSSR count). The summed E-state index contributed by atoms with van der Waals surface area (Å²) in [6.07, 6.45) is 6.81. The first-order valence-corrected chi connectivity index (χ1v) is 7.16.